The predicted octanol–water partition coefficient (Wildman–Crippen LogP) is 3.56. The molecular weight excluding hydrogens is 282 g/mol. The molecule has 1 unspecified atom stereocenters. The van der Waals surface area contributed by atoms with Gasteiger partial charge >= 0.3 is 12.1 Å². The standard InChI is InChI=1S/C17H29NO4/c1-17(2,3)22-16(20)18-14-7-5-4-6-12(14)8-9-13-10-11-15(19)21-13/h12-14H,4-11H2,1-3H3,(H,18,20)/t12?,13-,14-/m0/s1. The van der Waals surface area contributed by atoms with E-state index in [1.807, 2.05) is 20.8 Å². The van der Waals surface area contributed by atoms with E-state index >= 15 is 0 Å². The average Bonchev–Trinajstić information content (AvgIpc) is 2.81. The number of cyclic esters (lactones) is 1. The fourth-order valence-corrected chi connectivity index (χ4v) is 3.39. The molecule has 1 heterocycles. The van der Waals surface area contributed by atoms with Gasteiger partial charge in [-0.05, 0) is 58.8 Å². The monoisotopic (exact) mass is 311 g/mol. The SMILES string of the molecule is CC(C)(C)OC(=O)N[C@H]1CCCCC1CC[C@H]1CCC(=O)O1. The van der Waals surface area contributed by atoms with E-state index in [0.29, 0.717) is 12.3 Å². The van der Waals surface area contributed by atoms with Gasteiger partial charge in [0, 0.05) is 12.5 Å². The molecule has 0 aromatic rings. The van der Waals surface area contributed by atoms with E-state index in [4.69, 9.17) is 9.47 Å². The van der Waals surface area contributed by atoms with Gasteiger partial charge < -0.3 is 14.8 Å². The Kier molecular flexibility index (Phi) is 5.70. The lowest BCUT2D eigenvalue weighted by atomic mass is 9.81. The van der Waals surface area contributed by atoms with Crippen molar-refractivity contribution in [2.75, 3.05) is 0 Å². The van der Waals surface area contributed by atoms with Crippen molar-refractivity contribution in [1.82, 2.24) is 5.32 Å². The summed E-state index contributed by atoms with van der Waals surface area (Å²) in [5.41, 5.74) is -0.466. The van der Waals surface area contributed by atoms with Gasteiger partial charge in [0.1, 0.15) is 11.7 Å². The highest BCUT2D eigenvalue weighted by molar-refractivity contribution is 5.71. The van der Waals surface area contributed by atoms with Crippen LogP contribution in [0, 0.1) is 5.92 Å². The molecule has 5 heteroatoms. The van der Waals surface area contributed by atoms with Crippen molar-refractivity contribution in [2.24, 2.45) is 5.92 Å². The second kappa shape index (κ2) is 7.34. The third-order valence-corrected chi connectivity index (χ3v) is 4.44. The molecule has 5 nitrogen and oxygen atoms in total. The molecule has 2 fully saturated rings. The largest absolute Gasteiger partial charge is 0.462 e. The minimum absolute atomic E-state index is 0.0722. The molecule has 1 amide bonds. The molecule has 126 valence electrons. The van der Waals surface area contributed by atoms with E-state index in [1.54, 1.807) is 0 Å². The third kappa shape index (κ3) is 5.50. The quantitative estimate of drug-likeness (QED) is 0.806. The number of carbonyl (C=O) groups is 2. The van der Waals surface area contributed by atoms with Gasteiger partial charge in [0.05, 0.1) is 0 Å². The first-order valence-electron chi connectivity index (χ1n) is 8.52. The minimum atomic E-state index is -0.466. The Morgan fingerprint density at radius 1 is 1.23 bits per heavy atom. The van der Waals surface area contributed by atoms with Gasteiger partial charge in [0.2, 0.25) is 0 Å². The zero-order valence-electron chi connectivity index (χ0n) is 14.0. The maximum absolute atomic E-state index is 12.0. The number of nitrogens with one attached hydrogen (secondary N) is 1. The van der Waals surface area contributed by atoms with Crippen LogP contribution in [-0.4, -0.2) is 29.8 Å². The van der Waals surface area contributed by atoms with Crippen molar-refractivity contribution >= 4 is 12.1 Å². The Labute approximate surface area is 133 Å². The second-order valence-corrected chi connectivity index (χ2v) is 7.53. The van der Waals surface area contributed by atoms with Gasteiger partial charge in [-0.1, -0.05) is 12.8 Å². The summed E-state index contributed by atoms with van der Waals surface area (Å²) in [5, 5.41) is 3.04. The summed E-state index contributed by atoms with van der Waals surface area (Å²) in [7, 11) is 0. The summed E-state index contributed by atoms with van der Waals surface area (Å²) >= 11 is 0. The topological polar surface area (TPSA) is 64.6 Å². The summed E-state index contributed by atoms with van der Waals surface area (Å²) in [4.78, 5) is 23.1. The van der Waals surface area contributed by atoms with Crippen LogP contribution in [0.2, 0.25) is 0 Å². The number of carbonyl (C=O) groups excluding carboxylic acids is 2. The molecule has 0 bridgehead atoms. The molecule has 0 aromatic carbocycles. The molecule has 1 N–H and O–H groups in total. The molecule has 0 radical (unpaired) electrons. The zero-order chi connectivity index (χ0) is 16.2. The van der Waals surface area contributed by atoms with E-state index in [-0.39, 0.29) is 24.2 Å². The highest BCUT2D eigenvalue weighted by Crippen LogP contribution is 2.30. The molecule has 1 aliphatic carbocycles. The normalized spacial score (nSPS) is 29.0. The Morgan fingerprint density at radius 2 is 1.95 bits per heavy atom. The number of hydrogen-bond acceptors (Lipinski definition) is 4. The summed E-state index contributed by atoms with van der Waals surface area (Å²) in [5.74, 6) is 0.387. The lowest BCUT2D eigenvalue weighted by Gasteiger charge is -2.33. The van der Waals surface area contributed by atoms with Gasteiger partial charge in [0.15, 0.2) is 0 Å². The van der Waals surface area contributed by atoms with E-state index in [1.165, 1.54) is 6.42 Å². The van der Waals surface area contributed by atoms with Gasteiger partial charge in [-0.15, -0.1) is 0 Å². The Balaban J connectivity index is 1.80. The van der Waals surface area contributed by atoms with Crippen LogP contribution < -0.4 is 5.32 Å². The van der Waals surface area contributed by atoms with Crippen LogP contribution in [-0.2, 0) is 14.3 Å². The van der Waals surface area contributed by atoms with E-state index < -0.39 is 5.60 Å². The summed E-state index contributed by atoms with van der Waals surface area (Å²) < 4.78 is 10.6. The van der Waals surface area contributed by atoms with E-state index in [0.717, 1.165) is 38.5 Å². The fourth-order valence-electron chi connectivity index (χ4n) is 3.39. The maximum Gasteiger partial charge on any atom is 0.407 e. The van der Waals surface area contributed by atoms with Crippen molar-refractivity contribution < 1.29 is 19.1 Å². The van der Waals surface area contributed by atoms with Crippen LogP contribution in [0.4, 0.5) is 4.79 Å². The molecule has 3 atom stereocenters. The predicted molar refractivity (Wildman–Crippen MR) is 83.5 cm³/mol. The van der Waals surface area contributed by atoms with Crippen LogP contribution in [0.3, 0.4) is 0 Å². The molecule has 1 saturated carbocycles. The van der Waals surface area contributed by atoms with E-state index in [2.05, 4.69) is 5.32 Å². The van der Waals surface area contributed by atoms with Crippen LogP contribution in [0.15, 0.2) is 0 Å². The number of esters is 1. The third-order valence-electron chi connectivity index (χ3n) is 4.44. The lowest BCUT2D eigenvalue weighted by Crippen LogP contribution is -2.44. The van der Waals surface area contributed by atoms with Gasteiger partial charge in [0.25, 0.3) is 0 Å². The average molecular weight is 311 g/mol. The molecule has 1 saturated heterocycles. The number of ether oxygens (including phenoxy) is 2. The molecule has 2 rings (SSSR count). The highest BCUT2D eigenvalue weighted by atomic mass is 16.6. The molecule has 2 aliphatic rings. The number of hydrogen-bond donors (Lipinski definition) is 1. The van der Waals surface area contributed by atoms with E-state index in [9.17, 15) is 9.59 Å². The number of rotatable bonds is 4. The van der Waals surface area contributed by atoms with Crippen LogP contribution in [0.25, 0.3) is 0 Å². The first-order valence-corrected chi connectivity index (χ1v) is 8.52. The van der Waals surface area contributed by atoms with Crippen molar-refractivity contribution in [3.8, 4) is 0 Å². The fraction of sp³-hybridized carbons (Fsp3) is 0.882. The van der Waals surface area contributed by atoms with Crippen LogP contribution in [0.5, 0.6) is 0 Å². The first-order chi connectivity index (χ1) is 10.3. The minimum Gasteiger partial charge on any atom is -0.462 e. The molecule has 0 spiro atoms. The maximum atomic E-state index is 12.0. The zero-order valence-corrected chi connectivity index (χ0v) is 14.0. The number of alkyl carbamates (subject to hydrolysis) is 1. The van der Waals surface area contributed by atoms with Crippen molar-refractivity contribution in [1.29, 1.82) is 0 Å². The molecular formula is C17H29NO4. The Bertz CT molecular complexity index is 402. The van der Waals surface area contributed by atoms with Crippen molar-refractivity contribution in [3.63, 3.8) is 0 Å². The summed E-state index contributed by atoms with van der Waals surface area (Å²) in [6.07, 6.45) is 7.55. The van der Waals surface area contributed by atoms with Gasteiger partial charge in [-0.3, -0.25) is 4.79 Å². The van der Waals surface area contributed by atoms with Crippen LogP contribution >= 0.6 is 0 Å². The molecule has 0 aromatic heterocycles. The van der Waals surface area contributed by atoms with Gasteiger partial charge in [-0.2, -0.15) is 0 Å². The highest BCUT2D eigenvalue weighted by Gasteiger charge is 2.30. The first kappa shape index (κ1) is 17.1. The molecule has 22 heavy (non-hydrogen) atoms. The summed E-state index contributed by atoms with van der Waals surface area (Å²) in [6, 6.07) is 0.181. The van der Waals surface area contributed by atoms with Crippen molar-refractivity contribution in [2.45, 2.75) is 89.9 Å². The number of amides is 1. The van der Waals surface area contributed by atoms with Crippen LogP contribution in [0.1, 0.15) is 72.1 Å². The van der Waals surface area contributed by atoms with Crippen molar-refractivity contribution in [3.05, 3.63) is 0 Å². The smallest absolute Gasteiger partial charge is 0.407 e. The Hall–Kier alpha value is -1.26. The van der Waals surface area contributed by atoms with Gasteiger partial charge in [-0.25, -0.2) is 4.79 Å². The lowest BCUT2D eigenvalue weighted by molar-refractivity contribution is -0.141. The molecule has 1 aliphatic heterocycles. The summed E-state index contributed by atoms with van der Waals surface area (Å²) in [6.45, 7) is 5.62. The Morgan fingerprint density at radius 3 is 2.59 bits per heavy atom. The second-order valence-electron chi connectivity index (χ2n) is 7.53.